The topological polar surface area (TPSA) is 39.6 Å². The van der Waals surface area contributed by atoms with Crippen LogP contribution in [0.3, 0.4) is 0 Å². The first kappa shape index (κ1) is 17.2. The van der Waals surface area contributed by atoms with E-state index in [-0.39, 0.29) is 6.61 Å². The van der Waals surface area contributed by atoms with E-state index in [0.717, 1.165) is 45.0 Å². The highest BCUT2D eigenvalue weighted by Gasteiger charge is 2.09. The lowest BCUT2D eigenvalue weighted by molar-refractivity contribution is 0.277. The summed E-state index contributed by atoms with van der Waals surface area (Å²) in [5, 5.41) is 9.76. The van der Waals surface area contributed by atoms with Gasteiger partial charge >= 0.3 is 0 Å². The Balaban J connectivity index is 2.62. The molecule has 1 heterocycles. The van der Waals surface area contributed by atoms with Crippen LogP contribution in [0, 0.1) is 0 Å². The van der Waals surface area contributed by atoms with Crippen molar-refractivity contribution in [3.63, 3.8) is 0 Å². The predicted molar refractivity (Wildman–Crippen MR) is 85.5 cm³/mol. The average molecular weight is 300 g/mol. The summed E-state index contributed by atoms with van der Waals surface area (Å²) >= 11 is 5.98. The van der Waals surface area contributed by atoms with Gasteiger partial charge in [-0.25, -0.2) is 4.98 Å². The molecule has 1 N–H and O–H groups in total. The number of hydrogen-bond acceptors (Lipinski definition) is 4. The van der Waals surface area contributed by atoms with Crippen LogP contribution in [0.5, 0.6) is 0 Å². The molecule has 0 aliphatic heterocycles. The molecular formula is C15H26ClN3O. The third kappa shape index (κ3) is 4.93. The van der Waals surface area contributed by atoms with Crippen LogP contribution in [0.4, 0.5) is 5.82 Å². The summed E-state index contributed by atoms with van der Waals surface area (Å²) in [6.45, 7) is 11.5. The third-order valence-corrected chi connectivity index (χ3v) is 3.90. The normalized spacial score (nSPS) is 11.1. The second-order valence-electron chi connectivity index (χ2n) is 4.72. The minimum atomic E-state index is -0.121. The van der Waals surface area contributed by atoms with Crippen molar-refractivity contribution in [3.8, 4) is 0 Å². The summed E-state index contributed by atoms with van der Waals surface area (Å²) in [6.07, 6.45) is 1.11. The van der Waals surface area contributed by atoms with E-state index >= 15 is 0 Å². The molecule has 0 unspecified atom stereocenters. The van der Waals surface area contributed by atoms with Gasteiger partial charge in [-0.15, -0.1) is 0 Å². The fraction of sp³-hybridized carbons (Fsp3) is 0.667. The fourth-order valence-corrected chi connectivity index (χ4v) is 2.38. The number of nitrogens with zero attached hydrogens (tertiary/aromatic N) is 3. The van der Waals surface area contributed by atoms with Crippen molar-refractivity contribution >= 4 is 17.4 Å². The molecule has 4 nitrogen and oxygen atoms in total. The van der Waals surface area contributed by atoms with Crippen molar-refractivity contribution in [2.24, 2.45) is 0 Å². The SMILES string of the molecule is CCN(CC)CCCN(CC)c1ccc(Cl)c(CO)n1. The highest BCUT2D eigenvalue weighted by molar-refractivity contribution is 6.31. The van der Waals surface area contributed by atoms with Crippen LogP contribution < -0.4 is 4.90 Å². The van der Waals surface area contributed by atoms with Crippen LogP contribution >= 0.6 is 11.6 Å². The molecule has 1 aromatic heterocycles. The largest absolute Gasteiger partial charge is 0.390 e. The molecule has 1 aromatic rings. The van der Waals surface area contributed by atoms with Gasteiger partial charge < -0.3 is 14.9 Å². The first-order valence-electron chi connectivity index (χ1n) is 7.39. The Labute approximate surface area is 127 Å². The summed E-state index contributed by atoms with van der Waals surface area (Å²) in [6, 6.07) is 3.73. The molecule has 0 aliphatic rings. The third-order valence-electron chi connectivity index (χ3n) is 3.56. The van der Waals surface area contributed by atoms with Crippen molar-refractivity contribution < 1.29 is 5.11 Å². The molecule has 0 radical (unpaired) electrons. The Bertz CT molecular complexity index is 397. The molecule has 114 valence electrons. The van der Waals surface area contributed by atoms with Crippen molar-refractivity contribution in [1.29, 1.82) is 0 Å². The monoisotopic (exact) mass is 299 g/mol. The van der Waals surface area contributed by atoms with Gasteiger partial charge in [0.05, 0.1) is 17.3 Å². The molecule has 0 fully saturated rings. The molecule has 0 spiro atoms. The molecular weight excluding hydrogens is 274 g/mol. The lowest BCUT2D eigenvalue weighted by Gasteiger charge is -2.25. The Morgan fingerprint density at radius 2 is 1.80 bits per heavy atom. The Morgan fingerprint density at radius 3 is 2.35 bits per heavy atom. The number of aliphatic hydroxyl groups is 1. The van der Waals surface area contributed by atoms with E-state index in [9.17, 15) is 5.11 Å². The minimum Gasteiger partial charge on any atom is -0.390 e. The fourth-order valence-electron chi connectivity index (χ4n) is 2.22. The van der Waals surface area contributed by atoms with Gasteiger partial charge in [-0.3, -0.25) is 0 Å². The number of aliphatic hydroxyl groups excluding tert-OH is 1. The molecule has 1 rings (SSSR count). The second kappa shape index (κ2) is 9.16. The molecule has 5 heteroatoms. The molecule has 0 aromatic carbocycles. The van der Waals surface area contributed by atoms with Crippen LogP contribution in [0.25, 0.3) is 0 Å². The number of pyridine rings is 1. The van der Waals surface area contributed by atoms with E-state index < -0.39 is 0 Å². The zero-order valence-corrected chi connectivity index (χ0v) is 13.5. The van der Waals surface area contributed by atoms with E-state index in [1.807, 2.05) is 12.1 Å². The van der Waals surface area contributed by atoms with Crippen LogP contribution in [0.15, 0.2) is 12.1 Å². The van der Waals surface area contributed by atoms with Gasteiger partial charge in [0.25, 0.3) is 0 Å². The molecule has 20 heavy (non-hydrogen) atoms. The molecule has 0 saturated carbocycles. The van der Waals surface area contributed by atoms with Crippen molar-refractivity contribution in [3.05, 3.63) is 22.8 Å². The Morgan fingerprint density at radius 1 is 1.10 bits per heavy atom. The summed E-state index contributed by atoms with van der Waals surface area (Å²) in [7, 11) is 0. The van der Waals surface area contributed by atoms with Gasteiger partial charge in [-0.1, -0.05) is 25.4 Å². The lowest BCUT2D eigenvalue weighted by Crippen LogP contribution is -2.30. The van der Waals surface area contributed by atoms with Gasteiger partial charge in [0.2, 0.25) is 0 Å². The highest BCUT2D eigenvalue weighted by Crippen LogP contribution is 2.19. The summed E-state index contributed by atoms with van der Waals surface area (Å²) < 4.78 is 0. The molecule has 0 amide bonds. The molecule has 0 aliphatic carbocycles. The number of rotatable bonds is 9. The van der Waals surface area contributed by atoms with E-state index in [1.165, 1.54) is 0 Å². The number of hydrogen-bond donors (Lipinski definition) is 1. The second-order valence-corrected chi connectivity index (χ2v) is 5.12. The van der Waals surface area contributed by atoms with Crippen molar-refractivity contribution in [2.45, 2.75) is 33.8 Å². The maximum absolute atomic E-state index is 9.24. The lowest BCUT2D eigenvalue weighted by atomic mass is 10.3. The van der Waals surface area contributed by atoms with Crippen molar-refractivity contribution in [1.82, 2.24) is 9.88 Å². The Kier molecular flexibility index (Phi) is 7.88. The van der Waals surface area contributed by atoms with E-state index in [1.54, 1.807) is 0 Å². The highest BCUT2D eigenvalue weighted by atomic mass is 35.5. The summed E-state index contributed by atoms with van der Waals surface area (Å²) in [4.78, 5) is 9.07. The smallest absolute Gasteiger partial charge is 0.129 e. The van der Waals surface area contributed by atoms with Crippen LogP contribution in [-0.2, 0) is 6.61 Å². The standard InChI is InChI=1S/C15H26ClN3O/c1-4-18(5-2)10-7-11-19(6-3)15-9-8-13(16)14(12-20)17-15/h8-9,20H,4-7,10-12H2,1-3H3. The zero-order chi connectivity index (χ0) is 15.0. The Hall–Kier alpha value is -0.840. The quantitative estimate of drug-likeness (QED) is 0.761. The van der Waals surface area contributed by atoms with Crippen LogP contribution in [0.1, 0.15) is 32.9 Å². The molecule has 0 atom stereocenters. The van der Waals surface area contributed by atoms with Gasteiger partial charge in [-0.05, 0) is 45.1 Å². The minimum absolute atomic E-state index is 0.121. The molecule has 0 bridgehead atoms. The number of aromatic nitrogens is 1. The van der Waals surface area contributed by atoms with E-state index in [4.69, 9.17) is 11.6 Å². The summed E-state index contributed by atoms with van der Waals surface area (Å²) in [5.41, 5.74) is 0.548. The van der Waals surface area contributed by atoms with Crippen LogP contribution in [-0.4, -0.2) is 47.7 Å². The van der Waals surface area contributed by atoms with Crippen LogP contribution in [0.2, 0.25) is 5.02 Å². The van der Waals surface area contributed by atoms with Gasteiger partial charge in [0, 0.05) is 13.1 Å². The summed E-state index contributed by atoms with van der Waals surface area (Å²) in [5.74, 6) is 0.889. The number of anilines is 1. The van der Waals surface area contributed by atoms with E-state index in [0.29, 0.717) is 10.7 Å². The maximum atomic E-state index is 9.24. The average Bonchev–Trinajstić information content (AvgIpc) is 2.48. The first-order chi connectivity index (χ1) is 9.65. The first-order valence-corrected chi connectivity index (χ1v) is 7.77. The number of halogens is 1. The van der Waals surface area contributed by atoms with E-state index in [2.05, 4.69) is 35.6 Å². The van der Waals surface area contributed by atoms with Crippen molar-refractivity contribution in [2.75, 3.05) is 37.6 Å². The van der Waals surface area contributed by atoms with Gasteiger partial charge in [0.1, 0.15) is 5.82 Å². The zero-order valence-electron chi connectivity index (χ0n) is 12.8. The molecule has 0 saturated heterocycles. The van der Waals surface area contributed by atoms with Gasteiger partial charge in [-0.2, -0.15) is 0 Å². The van der Waals surface area contributed by atoms with Gasteiger partial charge in [0.15, 0.2) is 0 Å². The predicted octanol–water partition coefficient (Wildman–Crippen LogP) is 2.79. The maximum Gasteiger partial charge on any atom is 0.129 e.